The molecule has 1 rings (SSSR count). The van der Waals surface area contributed by atoms with E-state index >= 15 is 16.4 Å². The Morgan fingerprint density at radius 1 is 0.679 bits per heavy atom. The van der Waals surface area contributed by atoms with Crippen LogP contribution in [0.15, 0.2) is 0 Å². The van der Waals surface area contributed by atoms with Gasteiger partial charge in [-0.05, 0) is 10.1 Å². The summed E-state index contributed by atoms with van der Waals surface area (Å²) in [5.41, 5.74) is 0. The molecule has 4 radical (unpaired) electrons. The maximum atomic E-state index is 16.1. The molecule has 28 heavy (non-hydrogen) atoms. The van der Waals surface area contributed by atoms with Gasteiger partial charge >= 0.3 is 18.1 Å². The SMILES string of the molecule is C[Si]N([Si]C)N1[Si](F)(F)N([Si](C)(C)C(C)(C)C)N([Si](C)(C)C(C)(C)C)[Si]1(F)F. The molecule has 4 nitrogen and oxygen atoms in total. The van der Waals surface area contributed by atoms with E-state index in [0.717, 1.165) is 8.68 Å². The maximum Gasteiger partial charge on any atom is 0.617 e. The molecule has 0 aliphatic carbocycles. The van der Waals surface area contributed by atoms with Crippen LogP contribution in [0.2, 0.25) is 49.4 Å². The van der Waals surface area contributed by atoms with E-state index in [1.54, 1.807) is 13.1 Å². The van der Waals surface area contributed by atoms with Gasteiger partial charge in [-0.2, -0.15) is 4.34 Å². The van der Waals surface area contributed by atoms with Gasteiger partial charge in [0.15, 0.2) is 0 Å². The first-order chi connectivity index (χ1) is 12.1. The molecule has 1 aliphatic rings. The van der Waals surface area contributed by atoms with Crippen LogP contribution in [0.25, 0.3) is 0 Å². The summed E-state index contributed by atoms with van der Waals surface area (Å²) < 4.78 is 68.1. The Kier molecular flexibility index (Phi) is 7.46. The van der Waals surface area contributed by atoms with Gasteiger partial charge in [-0.15, -0.1) is 0 Å². The van der Waals surface area contributed by atoms with Crippen molar-refractivity contribution in [3.63, 3.8) is 0 Å². The Hall–Kier alpha value is 0.861. The lowest BCUT2D eigenvalue weighted by Gasteiger charge is -2.55. The summed E-state index contributed by atoms with van der Waals surface area (Å²) in [5, 5.41) is -0.948. The Balaban J connectivity index is 3.91. The minimum absolute atomic E-state index is 0.106. The predicted molar refractivity (Wildman–Crippen MR) is 121 cm³/mol. The lowest BCUT2D eigenvalue weighted by molar-refractivity contribution is 0.257. The first-order valence-electron chi connectivity index (χ1n) is 9.44. The smallest absolute Gasteiger partial charge is 0.289 e. The van der Waals surface area contributed by atoms with Gasteiger partial charge < -0.3 is 0 Å². The quantitative estimate of drug-likeness (QED) is 0.292. The highest BCUT2D eigenvalue weighted by atomic mass is 28.5. The summed E-state index contributed by atoms with van der Waals surface area (Å²) >= 11 is 0. The van der Waals surface area contributed by atoms with Crippen molar-refractivity contribution in [1.82, 2.24) is 17.4 Å². The summed E-state index contributed by atoms with van der Waals surface area (Å²) in [4.78, 5) is 0. The van der Waals surface area contributed by atoms with Gasteiger partial charge in [0, 0.05) is 0 Å². The number of hydrazine groups is 2. The van der Waals surface area contributed by atoms with E-state index in [9.17, 15) is 0 Å². The Morgan fingerprint density at radius 2 is 0.929 bits per heavy atom. The standard InChI is InChI=1S/C14H36F4N4Si6/c1-13(2,3)25(9,10)21-22(26(11,12)14(4,5)6)28(17,18)20(27(21,15)16)19(23-7)24-8/h1-12H3. The van der Waals surface area contributed by atoms with Crippen molar-refractivity contribution in [2.24, 2.45) is 0 Å². The molecule has 14 heteroatoms. The van der Waals surface area contributed by atoms with Crippen LogP contribution in [-0.2, 0) is 0 Å². The normalized spacial score (nSPS) is 23.0. The Labute approximate surface area is 178 Å². The van der Waals surface area contributed by atoms with Crippen LogP contribution in [-0.4, -0.2) is 71.3 Å². The maximum absolute atomic E-state index is 16.1. The molecule has 0 saturated carbocycles. The molecule has 0 aromatic rings. The van der Waals surface area contributed by atoms with E-state index in [-0.39, 0.29) is 19.4 Å². The summed E-state index contributed by atoms with van der Waals surface area (Å²) in [6.07, 6.45) is 0. The number of hydrogen-bond acceptors (Lipinski definition) is 4. The molecule has 164 valence electrons. The highest BCUT2D eigenvalue weighted by molar-refractivity contribution is 7.00. The summed E-state index contributed by atoms with van der Waals surface area (Å²) in [6, 6.07) is 0. The summed E-state index contributed by atoms with van der Waals surface area (Å²) in [6.45, 7) is 22.2. The Morgan fingerprint density at radius 3 is 1.11 bits per heavy atom. The minimum Gasteiger partial charge on any atom is -0.289 e. The number of nitrogens with zero attached hydrogens (tertiary/aromatic N) is 4. The molecule has 1 saturated heterocycles. The lowest BCUT2D eigenvalue weighted by atomic mass is 10.2. The summed E-state index contributed by atoms with van der Waals surface area (Å²) in [5.74, 6) is 0. The second kappa shape index (κ2) is 7.77. The van der Waals surface area contributed by atoms with E-state index in [2.05, 4.69) is 0 Å². The number of halogens is 4. The van der Waals surface area contributed by atoms with E-state index in [0.29, 0.717) is 4.34 Å². The average Bonchev–Trinajstić information content (AvgIpc) is 2.62. The van der Waals surface area contributed by atoms with E-state index in [1.807, 2.05) is 67.7 Å². The zero-order valence-corrected chi connectivity index (χ0v) is 25.3. The first kappa shape index (κ1) is 26.9. The highest BCUT2D eigenvalue weighted by Gasteiger charge is 2.83. The molecule has 0 atom stereocenters. The van der Waals surface area contributed by atoms with Gasteiger partial charge in [0.05, 0.1) is 0 Å². The van der Waals surface area contributed by atoms with Gasteiger partial charge in [0.25, 0.3) is 0 Å². The molecular formula is C14H36F4N4Si6. The van der Waals surface area contributed by atoms with Gasteiger partial charge in [-0.3, -0.25) is 4.34 Å². The molecular weight excluding hydrogens is 469 g/mol. The van der Waals surface area contributed by atoms with Gasteiger partial charge in [-0.25, -0.2) is 25.1 Å². The third-order valence-electron chi connectivity index (χ3n) is 6.57. The van der Waals surface area contributed by atoms with E-state index in [4.69, 9.17) is 0 Å². The first-order valence-corrected chi connectivity index (χ1v) is 21.5. The van der Waals surface area contributed by atoms with Crippen molar-refractivity contribution < 1.29 is 16.4 Å². The molecule has 1 heterocycles. The average molecular weight is 505 g/mol. The van der Waals surface area contributed by atoms with Crippen molar-refractivity contribution in [1.29, 1.82) is 0 Å². The monoisotopic (exact) mass is 504 g/mol. The Bertz CT molecular complexity index is 531. The van der Waals surface area contributed by atoms with Crippen molar-refractivity contribution in [3.05, 3.63) is 0 Å². The molecule has 1 fully saturated rings. The van der Waals surface area contributed by atoms with Gasteiger partial charge in [0.2, 0.25) is 0 Å². The van der Waals surface area contributed by atoms with Gasteiger partial charge in [-0.1, -0.05) is 80.8 Å². The largest absolute Gasteiger partial charge is 0.617 e. The third kappa shape index (κ3) is 4.02. The topological polar surface area (TPSA) is 13.0 Å². The van der Waals surface area contributed by atoms with Crippen LogP contribution in [0.1, 0.15) is 41.5 Å². The zero-order valence-electron chi connectivity index (χ0n) is 19.3. The minimum atomic E-state index is -5.60. The highest BCUT2D eigenvalue weighted by Crippen LogP contribution is 2.54. The predicted octanol–water partition coefficient (Wildman–Crippen LogP) is 5.13. The molecule has 0 N–H and O–H groups in total. The molecule has 0 unspecified atom stereocenters. The van der Waals surface area contributed by atoms with Crippen LogP contribution < -0.4 is 0 Å². The lowest BCUT2D eigenvalue weighted by Crippen LogP contribution is -2.75. The fraction of sp³-hybridized carbons (Fsp3) is 1.00. The molecule has 0 spiro atoms. The second-order valence-electron chi connectivity index (χ2n) is 10.3. The van der Waals surface area contributed by atoms with Crippen molar-refractivity contribution in [2.75, 3.05) is 0 Å². The van der Waals surface area contributed by atoms with Crippen molar-refractivity contribution in [2.45, 2.75) is 90.9 Å². The molecule has 1 aliphatic heterocycles. The van der Waals surface area contributed by atoms with Crippen LogP contribution >= 0.6 is 0 Å². The molecule has 0 aromatic heterocycles. The van der Waals surface area contributed by atoms with Crippen molar-refractivity contribution in [3.8, 4) is 0 Å². The second-order valence-corrected chi connectivity index (χ2v) is 27.7. The van der Waals surface area contributed by atoms with E-state index < -0.39 is 44.7 Å². The van der Waals surface area contributed by atoms with Crippen molar-refractivity contribution >= 4 is 54.0 Å². The zero-order chi connectivity index (χ0) is 22.7. The number of rotatable bonds is 5. The third-order valence-corrected chi connectivity index (χ3v) is 30.0. The van der Waals surface area contributed by atoms with Gasteiger partial charge in [0.1, 0.15) is 35.8 Å². The molecule has 0 amide bonds. The van der Waals surface area contributed by atoms with Crippen LogP contribution in [0.3, 0.4) is 0 Å². The number of hydrogen-bond donors (Lipinski definition) is 0. The molecule has 0 aromatic carbocycles. The van der Waals surface area contributed by atoms with Crippen LogP contribution in [0, 0.1) is 0 Å². The fourth-order valence-corrected chi connectivity index (χ4v) is 25.3. The van der Waals surface area contributed by atoms with Crippen LogP contribution in [0.5, 0.6) is 0 Å². The van der Waals surface area contributed by atoms with E-state index in [1.165, 1.54) is 4.34 Å². The van der Waals surface area contributed by atoms with Crippen LogP contribution in [0.4, 0.5) is 16.4 Å². The molecule has 0 bridgehead atoms. The summed E-state index contributed by atoms with van der Waals surface area (Å²) in [7, 11) is -17.3. The fourth-order valence-electron chi connectivity index (χ4n) is 2.94.